The molecule has 0 aliphatic carbocycles. The minimum Gasteiger partial charge on any atom is -0.396 e. The molecule has 5 N–H and O–H groups in total. The normalized spacial score (nSPS) is 11.8. The molecule has 0 spiro atoms. The van der Waals surface area contributed by atoms with Gasteiger partial charge in [-0.2, -0.15) is 10.2 Å². The number of nitrogens with one attached hydrogen (secondary N) is 1. The molecule has 0 bridgehead atoms. The van der Waals surface area contributed by atoms with E-state index in [0.29, 0.717) is 11.4 Å². The van der Waals surface area contributed by atoms with Crippen LogP contribution in [0.15, 0.2) is 67.4 Å². The first-order valence-electron chi connectivity index (χ1n) is 8.57. The summed E-state index contributed by atoms with van der Waals surface area (Å²) in [6.45, 7) is 0.751. The first-order chi connectivity index (χ1) is 13.2. The number of benzene rings is 1. The van der Waals surface area contributed by atoms with Crippen molar-refractivity contribution in [2.45, 2.75) is 13.0 Å². The highest BCUT2D eigenvalue weighted by Crippen LogP contribution is 2.20. The number of aromatic nitrogens is 5. The molecule has 8 heteroatoms. The number of hydrogen-bond acceptors (Lipinski definition) is 6. The van der Waals surface area contributed by atoms with Crippen LogP contribution in [0.4, 0.5) is 5.69 Å². The summed E-state index contributed by atoms with van der Waals surface area (Å²) in [5.74, 6) is 6.14. The number of pyridine rings is 1. The maximum atomic E-state index is 6.21. The molecule has 0 saturated carbocycles. The highest BCUT2D eigenvalue weighted by atomic mass is 15.4. The highest BCUT2D eigenvalue weighted by Gasteiger charge is 2.10. The zero-order chi connectivity index (χ0) is 18.6. The second-order valence-electron chi connectivity index (χ2n) is 6.18. The Kier molecular flexibility index (Phi) is 4.54. The van der Waals surface area contributed by atoms with Crippen LogP contribution in [-0.2, 0) is 13.0 Å². The molecule has 4 aromatic rings. The molecule has 136 valence electrons. The van der Waals surface area contributed by atoms with Gasteiger partial charge >= 0.3 is 0 Å². The van der Waals surface area contributed by atoms with Crippen molar-refractivity contribution in [3.8, 4) is 0 Å². The number of hydrazine groups is 1. The Bertz CT molecular complexity index is 1060. The number of fused-ring (bicyclic) bond motifs is 1. The number of H-pyrrole nitrogens is 1. The predicted molar refractivity (Wildman–Crippen MR) is 105 cm³/mol. The molecule has 1 aromatic carbocycles. The van der Waals surface area contributed by atoms with E-state index in [1.807, 2.05) is 47.3 Å². The molecule has 0 amide bonds. The quantitative estimate of drug-likeness (QED) is 0.358. The molecule has 0 unspecified atom stereocenters. The average Bonchev–Trinajstić information content (AvgIpc) is 3.34. The van der Waals surface area contributed by atoms with Crippen LogP contribution in [-0.4, -0.2) is 25.0 Å². The zero-order valence-corrected chi connectivity index (χ0v) is 14.7. The number of aromatic amines is 1. The van der Waals surface area contributed by atoms with Gasteiger partial charge in [0.05, 0.1) is 29.3 Å². The van der Waals surface area contributed by atoms with Crippen LogP contribution in [0.5, 0.6) is 0 Å². The summed E-state index contributed by atoms with van der Waals surface area (Å²) in [5, 5.41) is 14.0. The molecular weight excluding hydrogens is 340 g/mol. The third kappa shape index (κ3) is 3.65. The van der Waals surface area contributed by atoms with Crippen LogP contribution >= 0.6 is 0 Å². The summed E-state index contributed by atoms with van der Waals surface area (Å²) >= 11 is 0. The third-order valence-electron chi connectivity index (χ3n) is 4.32. The van der Waals surface area contributed by atoms with Gasteiger partial charge in [0.25, 0.3) is 0 Å². The van der Waals surface area contributed by atoms with Crippen LogP contribution in [0.2, 0.25) is 0 Å². The fraction of sp³-hybridized carbons (Fsp3) is 0.105. The highest BCUT2D eigenvalue weighted by molar-refractivity contribution is 5.89. The van der Waals surface area contributed by atoms with Gasteiger partial charge in [0.2, 0.25) is 0 Å². The van der Waals surface area contributed by atoms with E-state index in [0.717, 1.165) is 29.6 Å². The Morgan fingerprint density at radius 2 is 2.00 bits per heavy atom. The second kappa shape index (κ2) is 7.30. The van der Waals surface area contributed by atoms with E-state index in [1.54, 1.807) is 24.8 Å². The molecule has 0 aliphatic heterocycles. The van der Waals surface area contributed by atoms with E-state index in [1.165, 1.54) is 10.6 Å². The third-order valence-corrected chi connectivity index (χ3v) is 4.32. The topological polar surface area (TPSA) is 115 Å². The van der Waals surface area contributed by atoms with Crippen LogP contribution < -0.4 is 16.6 Å². The lowest BCUT2D eigenvalue weighted by molar-refractivity contribution is 0.614. The van der Waals surface area contributed by atoms with E-state index in [-0.39, 0.29) is 0 Å². The van der Waals surface area contributed by atoms with Gasteiger partial charge < -0.3 is 5.73 Å². The van der Waals surface area contributed by atoms with Crippen LogP contribution in [0, 0.1) is 0 Å². The fourth-order valence-corrected chi connectivity index (χ4v) is 2.87. The zero-order valence-electron chi connectivity index (χ0n) is 14.7. The molecule has 0 radical (unpaired) electrons. The average molecular weight is 360 g/mol. The van der Waals surface area contributed by atoms with Gasteiger partial charge in [-0.25, -0.2) is 5.84 Å². The molecule has 8 nitrogen and oxygen atoms in total. The van der Waals surface area contributed by atoms with Gasteiger partial charge in [0, 0.05) is 30.5 Å². The SMILES string of the molecule is N/C(=C\N(N)c1cnn(CCc2ccncc2)c1)c1n[nH]c2ccccc12. The summed E-state index contributed by atoms with van der Waals surface area (Å²) in [6, 6.07) is 11.8. The second-order valence-corrected chi connectivity index (χ2v) is 6.18. The van der Waals surface area contributed by atoms with E-state index < -0.39 is 0 Å². The molecule has 0 atom stereocenters. The maximum Gasteiger partial charge on any atom is 0.117 e. The van der Waals surface area contributed by atoms with Crippen molar-refractivity contribution in [1.82, 2.24) is 25.0 Å². The molecule has 0 fully saturated rings. The van der Waals surface area contributed by atoms with Crippen molar-refractivity contribution in [3.05, 3.63) is 78.6 Å². The van der Waals surface area contributed by atoms with Gasteiger partial charge in [0.15, 0.2) is 0 Å². The molecule has 4 rings (SSSR count). The first-order valence-corrected chi connectivity index (χ1v) is 8.57. The molecule has 27 heavy (non-hydrogen) atoms. The van der Waals surface area contributed by atoms with Gasteiger partial charge in [0.1, 0.15) is 5.69 Å². The summed E-state index contributed by atoms with van der Waals surface area (Å²) in [4.78, 5) is 4.02. The number of para-hydroxylation sites is 1. The summed E-state index contributed by atoms with van der Waals surface area (Å²) in [6.07, 6.45) is 9.68. The standard InChI is InChI=1S/C19H20N8/c20-17(19-16-3-1-2-4-18(16)24-25-19)13-27(21)15-11-23-26(12-15)10-7-14-5-8-22-9-6-14/h1-6,8-9,11-13H,7,10,20-21H2,(H,24,25)/b17-13-. The minimum absolute atomic E-state index is 0.472. The van der Waals surface area contributed by atoms with Gasteiger partial charge in [-0.1, -0.05) is 18.2 Å². The van der Waals surface area contributed by atoms with E-state index in [9.17, 15) is 0 Å². The first kappa shape index (κ1) is 16.8. The smallest absolute Gasteiger partial charge is 0.117 e. The Morgan fingerprint density at radius 3 is 2.85 bits per heavy atom. The van der Waals surface area contributed by atoms with Crippen molar-refractivity contribution >= 4 is 22.3 Å². The summed E-state index contributed by atoms with van der Waals surface area (Å²) in [5.41, 5.74) is 10.2. The van der Waals surface area contributed by atoms with Crippen LogP contribution in [0.3, 0.4) is 0 Å². The number of hydrogen-bond donors (Lipinski definition) is 3. The van der Waals surface area contributed by atoms with E-state index in [2.05, 4.69) is 20.3 Å². The van der Waals surface area contributed by atoms with Crippen LogP contribution in [0.25, 0.3) is 16.6 Å². The molecule has 3 heterocycles. The lowest BCUT2D eigenvalue weighted by atomic mass is 10.2. The van der Waals surface area contributed by atoms with Crippen molar-refractivity contribution < 1.29 is 0 Å². The Hall–Kier alpha value is -3.65. The largest absolute Gasteiger partial charge is 0.396 e. The Balaban J connectivity index is 1.47. The van der Waals surface area contributed by atoms with Gasteiger partial charge in [-0.05, 0) is 30.2 Å². The number of nitrogens with two attached hydrogens (primary N) is 2. The van der Waals surface area contributed by atoms with Crippen molar-refractivity contribution in [2.24, 2.45) is 11.6 Å². The van der Waals surface area contributed by atoms with Gasteiger partial charge in [-0.3, -0.25) is 19.8 Å². The maximum absolute atomic E-state index is 6.21. The summed E-state index contributed by atoms with van der Waals surface area (Å²) < 4.78 is 1.85. The minimum atomic E-state index is 0.472. The molecule has 0 aliphatic rings. The van der Waals surface area contributed by atoms with E-state index in [4.69, 9.17) is 11.6 Å². The van der Waals surface area contributed by atoms with Gasteiger partial charge in [-0.15, -0.1) is 0 Å². The fourth-order valence-electron chi connectivity index (χ4n) is 2.87. The van der Waals surface area contributed by atoms with Crippen molar-refractivity contribution in [2.75, 3.05) is 5.01 Å². The van der Waals surface area contributed by atoms with E-state index >= 15 is 0 Å². The molecular formula is C19H20N8. The predicted octanol–water partition coefficient (Wildman–Crippen LogP) is 2.03. The lowest BCUT2D eigenvalue weighted by Gasteiger charge is -2.11. The summed E-state index contributed by atoms with van der Waals surface area (Å²) in [7, 11) is 0. The number of anilines is 1. The van der Waals surface area contributed by atoms with Crippen LogP contribution in [0.1, 0.15) is 11.3 Å². The number of nitrogens with zero attached hydrogens (tertiary/aromatic N) is 5. The number of rotatable bonds is 6. The number of aryl methyl sites for hydroxylation is 2. The monoisotopic (exact) mass is 360 g/mol. The Labute approximate surface area is 156 Å². The molecule has 0 saturated heterocycles. The van der Waals surface area contributed by atoms with Crippen molar-refractivity contribution in [1.29, 1.82) is 0 Å². The van der Waals surface area contributed by atoms with Crippen molar-refractivity contribution in [3.63, 3.8) is 0 Å². The molecule has 3 aromatic heterocycles. The lowest BCUT2D eigenvalue weighted by Crippen LogP contribution is -2.25. The Morgan fingerprint density at radius 1 is 1.19 bits per heavy atom.